The number of piperidine rings is 1. The molecule has 2 atom stereocenters. The molecule has 4 heteroatoms. The van der Waals surface area contributed by atoms with E-state index >= 15 is 0 Å². The summed E-state index contributed by atoms with van der Waals surface area (Å²) < 4.78 is 0. The summed E-state index contributed by atoms with van der Waals surface area (Å²) in [6, 6.07) is 4.40. The van der Waals surface area contributed by atoms with Crippen LogP contribution in [0.5, 0.6) is 0 Å². The van der Waals surface area contributed by atoms with Gasteiger partial charge in [0.1, 0.15) is 5.82 Å². The molecule has 2 heterocycles. The quantitative estimate of drug-likeness (QED) is 0.866. The number of hydrogen-bond acceptors (Lipinski definition) is 3. The highest BCUT2D eigenvalue weighted by Gasteiger charge is 2.34. The number of carboxylic acid groups (broad SMARTS) is 1. The molecule has 0 bridgehead atoms. The molecule has 2 aliphatic rings. The van der Waals surface area contributed by atoms with Crippen molar-refractivity contribution in [2.45, 2.75) is 44.6 Å². The number of pyridine rings is 1. The molecule has 1 saturated heterocycles. The molecule has 1 aliphatic carbocycles. The molecule has 21 heavy (non-hydrogen) atoms. The highest BCUT2D eigenvalue weighted by atomic mass is 16.4. The van der Waals surface area contributed by atoms with E-state index in [1.165, 1.54) is 44.6 Å². The standard InChI is InChI=1S/C17H22N2O2/c20-16(21)10-9-14-6-3-11-18-17(14)19-12-4-7-13-5-1-2-8-15(13)19/h3,6,9-11,13,15H,1-2,4-5,7-8,12H2,(H,20,21)/b10-9+. The molecule has 4 nitrogen and oxygen atoms in total. The molecule has 0 spiro atoms. The van der Waals surface area contributed by atoms with Crippen LogP contribution >= 0.6 is 0 Å². The normalized spacial score (nSPS) is 25.8. The second-order valence-corrected chi connectivity index (χ2v) is 6.04. The van der Waals surface area contributed by atoms with E-state index < -0.39 is 5.97 Å². The molecular weight excluding hydrogens is 264 g/mol. The fourth-order valence-corrected chi connectivity index (χ4v) is 3.83. The molecule has 3 rings (SSSR count). The number of anilines is 1. The average molecular weight is 286 g/mol. The first-order valence-corrected chi connectivity index (χ1v) is 7.88. The first kappa shape index (κ1) is 14.1. The van der Waals surface area contributed by atoms with E-state index in [0.717, 1.165) is 23.8 Å². The highest BCUT2D eigenvalue weighted by molar-refractivity contribution is 5.86. The predicted octanol–water partition coefficient (Wildman–Crippen LogP) is 3.34. The molecule has 1 aliphatic heterocycles. The van der Waals surface area contributed by atoms with E-state index in [9.17, 15) is 4.79 Å². The van der Waals surface area contributed by atoms with E-state index in [-0.39, 0.29) is 0 Å². The number of nitrogens with zero attached hydrogens (tertiary/aromatic N) is 2. The largest absolute Gasteiger partial charge is 0.478 e. The monoisotopic (exact) mass is 286 g/mol. The lowest BCUT2D eigenvalue weighted by Crippen LogP contribution is -2.47. The van der Waals surface area contributed by atoms with Gasteiger partial charge in [-0.2, -0.15) is 0 Å². The Labute approximate surface area is 125 Å². The maximum absolute atomic E-state index is 10.8. The van der Waals surface area contributed by atoms with Gasteiger partial charge in [0.15, 0.2) is 0 Å². The molecule has 1 N–H and O–H groups in total. The number of carboxylic acids is 1. The van der Waals surface area contributed by atoms with Gasteiger partial charge < -0.3 is 10.0 Å². The summed E-state index contributed by atoms with van der Waals surface area (Å²) in [5, 5.41) is 8.84. The van der Waals surface area contributed by atoms with Crippen LogP contribution in [0, 0.1) is 5.92 Å². The molecule has 0 radical (unpaired) electrons. The van der Waals surface area contributed by atoms with Crippen molar-refractivity contribution in [3.05, 3.63) is 30.0 Å². The first-order chi connectivity index (χ1) is 10.3. The first-order valence-electron chi connectivity index (χ1n) is 7.88. The van der Waals surface area contributed by atoms with Gasteiger partial charge >= 0.3 is 5.97 Å². The molecule has 1 aromatic heterocycles. The molecule has 1 aromatic rings. The Hall–Kier alpha value is -1.84. The van der Waals surface area contributed by atoms with Crippen molar-refractivity contribution >= 4 is 17.9 Å². The third-order valence-corrected chi connectivity index (χ3v) is 4.74. The molecule has 0 amide bonds. The summed E-state index contributed by atoms with van der Waals surface area (Å²) in [4.78, 5) is 17.7. The molecule has 2 unspecified atom stereocenters. The Balaban J connectivity index is 1.89. The van der Waals surface area contributed by atoms with Crippen molar-refractivity contribution in [1.29, 1.82) is 0 Å². The number of aromatic nitrogens is 1. The highest BCUT2D eigenvalue weighted by Crippen LogP contribution is 2.38. The molecule has 1 saturated carbocycles. The van der Waals surface area contributed by atoms with E-state index in [2.05, 4.69) is 9.88 Å². The zero-order valence-electron chi connectivity index (χ0n) is 12.2. The van der Waals surface area contributed by atoms with Crippen molar-refractivity contribution in [1.82, 2.24) is 4.98 Å². The molecular formula is C17H22N2O2. The second-order valence-electron chi connectivity index (χ2n) is 6.04. The van der Waals surface area contributed by atoms with Crippen LogP contribution in [0.1, 0.15) is 44.1 Å². The molecule has 2 fully saturated rings. The summed E-state index contributed by atoms with van der Waals surface area (Å²) in [6.45, 7) is 1.03. The van der Waals surface area contributed by atoms with Crippen LogP contribution in [0.15, 0.2) is 24.4 Å². The zero-order chi connectivity index (χ0) is 14.7. The third-order valence-electron chi connectivity index (χ3n) is 4.74. The SMILES string of the molecule is O=C(O)/C=C/c1cccnc1N1CCCC2CCCCC21. The summed E-state index contributed by atoms with van der Waals surface area (Å²) in [7, 11) is 0. The number of rotatable bonds is 3. The summed E-state index contributed by atoms with van der Waals surface area (Å²) in [5.74, 6) is 0.816. The van der Waals surface area contributed by atoms with E-state index in [1.54, 1.807) is 12.3 Å². The van der Waals surface area contributed by atoms with E-state index in [4.69, 9.17) is 5.11 Å². The maximum atomic E-state index is 10.8. The van der Waals surface area contributed by atoms with E-state index in [0.29, 0.717) is 6.04 Å². The summed E-state index contributed by atoms with van der Waals surface area (Å²) >= 11 is 0. The zero-order valence-corrected chi connectivity index (χ0v) is 12.2. The summed E-state index contributed by atoms with van der Waals surface area (Å²) in [6.07, 6.45) is 12.4. The van der Waals surface area contributed by atoms with Gasteiger partial charge in [-0.25, -0.2) is 9.78 Å². The smallest absolute Gasteiger partial charge is 0.328 e. The Kier molecular flexibility index (Phi) is 4.23. The fourth-order valence-electron chi connectivity index (χ4n) is 3.83. The van der Waals surface area contributed by atoms with Gasteiger partial charge in [-0.3, -0.25) is 0 Å². The average Bonchev–Trinajstić information content (AvgIpc) is 2.53. The van der Waals surface area contributed by atoms with Gasteiger partial charge in [-0.05, 0) is 49.8 Å². The van der Waals surface area contributed by atoms with Crippen LogP contribution in [-0.2, 0) is 4.79 Å². The Morgan fingerprint density at radius 2 is 2.10 bits per heavy atom. The molecule has 112 valence electrons. The van der Waals surface area contributed by atoms with Gasteiger partial charge in [0, 0.05) is 30.4 Å². The Morgan fingerprint density at radius 3 is 2.95 bits per heavy atom. The minimum absolute atomic E-state index is 0.583. The van der Waals surface area contributed by atoms with Gasteiger partial charge in [-0.15, -0.1) is 0 Å². The van der Waals surface area contributed by atoms with Crippen molar-refractivity contribution in [2.75, 3.05) is 11.4 Å². The minimum Gasteiger partial charge on any atom is -0.478 e. The van der Waals surface area contributed by atoms with Gasteiger partial charge in [-0.1, -0.05) is 12.8 Å². The van der Waals surface area contributed by atoms with Crippen molar-refractivity contribution in [2.24, 2.45) is 5.92 Å². The van der Waals surface area contributed by atoms with Crippen molar-refractivity contribution < 1.29 is 9.90 Å². The third kappa shape index (κ3) is 3.09. The van der Waals surface area contributed by atoms with Gasteiger partial charge in [0.25, 0.3) is 0 Å². The minimum atomic E-state index is -0.918. The van der Waals surface area contributed by atoms with Crippen LogP contribution in [0.25, 0.3) is 6.08 Å². The Bertz CT molecular complexity index is 539. The second kappa shape index (κ2) is 6.29. The number of aliphatic carboxylic acids is 1. The van der Waals surface area contributed by atoms with Crippen molar-refractivity contribution in [3.63, 3.8) is 0 Å². The lowest BCUT2D eigenvalue weighted by Gasteiger charge is -2.45. The predicted molar refractivity (Wildman–Crippen MR) is 83.2 cm³/mol. The van der Waals surface area contributed by atoms with Gasteiger partial charge in [0.05, 0.1) is 0 Å². The number of fused-ring (bicyclic) bond motifs is 1. The molecule has 0 aromatic carbocycles. The lowest BCUT2D eigenvalue weighted by molar-refractivity contribution is -0.131. The number of hydrogen-bond donors (Lipinski definition) is 1. The summed E-state index contributed by atoms with van der Waals surface area (Å²) in [5.41, 5.74) is 0.908. The fraction of sp³-hybridized carbons (Fsp3) is 0.529. The van der Waals surface area contributed by atoms with Crippen LogP contribution in [-0.4, -0.2) is 28.6 Å². The van der Waals surface area contributed by atoms with Crippen molar-refractivity contribution in [3.8, 4) is 0 Å². The topological polar surface area (TPSA) is 53.4 Å². The van der Waals surface area contributed by atoms with Gasteiger partial charge in [0.2, 0.25) is 0 Å². The van der Waals surface area contributed by atoms with Crippen LogP contribution in [0.4, 0.5) is 5.82 Å². The number of carbonyl (C=O) groups is 1. The van der Waals surface area contributed by atoms with Crippen LogP contribution < -0.4 is 4.90 Å². The Morgan fingerprint density at radius 1 is 1.29 bits per heavy atom. The van der Waals surface area contributed by atoms with Crippen LogP contribution in [0.2, 0.25) is 0 Å². The lowest BCUT2D eigenvalue weighted by atomic mass is 9.78. The van der Waals surface area contributed by atoms with E-state index in [1.807, 2.05) is 12.1 Å². The van der Waals surface area contributed by atoms with Crippen LogP contribution in [0.3, 0.4) is 0 Å². The maximum Gasteiger partial charge on any atom is 0.328 e.